The van der Waals surface area contributed by atoms with E-state index in [9.17, 15) is 0 Å². The average molecular weight is 319 g/mol. The van der Waals surface area contributed by atoms with Crippen LogP contribution >= 0.6 is 11.6 Å². The predicted octanol–water partition coefficient (Wildman–Crippen LogP) is 2.57. The summed E-state index contributed by atoms with van der Waals surface area (Å²) >= 11 is 5.95. The zero-order valence-electron chi connectivity index (χ0n) is 12.3. The second kappa shape index (κ2) is 7.54. The van der Waals surface area contributed by atoms with Gasteiger partial charge in [0.05, 0.1) is 13.2 Å². The zero-order valence-corrected chi connectivity index (χ0v) is 13.1. The van der Waals surface area contributed by atoms with E-state index in [-0.39, 0.29) is 5.28 Å². The zero-order chi connectivity index (χ0) is 15.2. The van der Waals surface area contributed by atoms with Gasteiger partial charge in [0.25, 0.3) is 0 Å². The van der Waals surface area contributed by atoms with E-state index in [4.69, 9.17) is 16.3 Å². The number of morpholine rings is 1. The van der Waals surface area contributed by atoms with Crippen LogP contribution in [0.2, 0.25) is 5.28 Å². The summed E-state index contributed by atoms with van der Waals surface area (Å²) in [5, 5.41) is 3.63. The summed E-state index contributed by atoms with van der Waals surface area (Å²) in [6, 6.07) is 10.2. The number of hydrogen-bond acceptors (Lipinski definition) is 5. The predicted molar refractivity (Wildman–Crippen MR) is 86.9 cm³/mol. The minimum Gasteiger partial charge on any atom is -0.379 e. The molecule has 2 aromatic rings. The number of benzene rings is 1. The largest absolute Gasteiger partial charge is 0.379 e. The van der Waals surface area contributed by atoms with Crippen molar-refractivity contribution in [2.45, 2.75) is 13.1 Å². The van der Waals surface area contributed by atoms with E-state index in [1.165, 1.54) is 5.56 Å². The number of aromatic nitrogens is 2. The molecule has 0 atom stereocenters. The van der Waals surface area contributed by atoms with Gasteiger partial charge in [-0.2, -0.15) is 0 Å². The van der Waals surface area contributed by atoms with Crippen LogP contribution in [0.1, 0.15) is 11.1 Å². The molecule has 6 heteroatoms. The Bertz CT molecular complexity index is 602. The fourth-order valence-corrected chi connectivity index (χ4v) is 2.57. The maximum Gasteiger partial charge on any atom is 0.224 e. The van der Waals surface area contributed by atoms with E-state index < -0.39 is 0 Å². The number of nitrogens with zero attached hydrogens (tertiary/aromatic N) is 3. The molecule has 1 N–H and O–H groups in total. The summed E-state index contributed by atoms with van der Waals surface area (Å²) in [6.45, 7) is 4.94. The van der Waals surface area contributed by atoms with Crippen LogP contribution in [0.5, 0.6) is 0 Å². The normalized spacial score (nSPS) is 15.7. The topological polar surface area (TPSA) is 50.3 Å². The molecule has 0 bridgehead atoms. The number of rotatable bonds is 5. The highest BCUT2D eigenvalue weighted by Crippen LogP contribution is 2.18. The molecule has 0 unspecified atom stereocenters. The molecule has 116 valence electrons. The molecule has 0 spiro atoms. The van der Waals surface area contributed by atoms with Gasteiger partial charge < -0.3 is 10.1 Å². The van der Waals surface area contributed by atoms with E-state index in [1.807, 2.05) is 18.2 Å². The van der Waals surface area contributed by atoms with Gasteiger partial charge in [-0.3, -0.25) is 4.90 Å². The Morgan fingerprint density at radius 2 is 1.95 bits per heavy atom. The molecule has 1 aromatic carbocycles. The Morgan fingerprint density at radius 3 is 2.73 bits per heavy atom. The second-order valence-corrected chi connectivity index (χ2v) is 5.58. The molecule has 2 heterocycles. The van der Waals surface area contributed by atoms with Crippen LogP contribution < -0.4 is 5.32 Å². The Balaban J connectivity index is 1.69. The van der Waals surface area contributed by atoms with Crippen LogP contribution in [0.3, 0.4) is 0 Å². The van der Waals surface area contributed by atoms with Crippen LogP contribution in [0.4, 0.5) is 5.82 Å². The molecular formula is C16H19ClN4O. The van der Waals surface area contributed by atoms with Crippen molar-refractivity contribution < 1.29 is 4.74 Å². The molecule has 1 aliphatic rings. The molecule has 3 rings (SSSR count). The molecule has 1 aliphatic heterocycles. The first kappa shape index (κ1) is 15.2. The maximum atomic E-state index is 5.95. The van der Waals surface area contributed by atoms with Gasteiger partial charge in [-0.1, -0.05) is 30.3 Å². The quantitative estimate of drug-likeness (QED) is 0.859. The smallest absolute Gasteiger partial charge is 0.224 e. The van der Waals surface area contributed by atoms with Gasteiger partial charge in [-0.05, 0) is 17.2 Å². The lowest BCUT2D eigenvalue weighted by atomic mass is 10.2. The summed E-state index contributed by atoms with van der Waals surface area (Å²) in [5.41, 5.74) is 2.26. The minimum absolute atomic E-state index is 0.265. The Labute approximate surface area is 135 Å². The van der Waals surface area contributed by atoms with Gasteiger partial charge in [0.15, 0.2) is 0 Å². The lowest BCUT2D eigenvalue weighted by Gasteiger charge is -2.27. The highest BCUT2D eigenvalue weighted by Gasteiger charge is 2.14. The highest BCUT2D eigenvalue weighted by atomic mass is 35.5. The molecule has 0 saturated carbocycles. The summed E-state index contributed by atoms with van der Waals surface area (Å²) in [6.07, 6.45) is 1.80. The average Bonchev–Trinajstić information content (AvgIpc) is 2.57. The molecule has 0 aliphatic carbocycles. The molecule has 22 heavy (non-hydrogen) atoms. The van der Waals surface area contributed by atoms with E-state index in [1.54, 1.807) is 6.20 Å². The molecule has 0 radical (unpaired) electrons. The van der Waals surface area contributed by atoms with Crippen molar-refractivity contribution in [2.24, 2.45) is 0 Å². The standard InChI is InChI=1S/C16H19ClN4O/c17-16-19-11-14(12-21-6-8-22-9-7-21)15(20-16)18-10-13-4-2-1-3-5-13/h1-5,11H,6-10,12H2,(H,18,19,20). The van der Waals surface area contributed by atoms with Gasteiger partial charge in [-0.25, -0.2) is 9.97 Å². The number of nitrogens with one attached hydrogen (secondary N) is 1. The monoisotopic (exact) mass is 318 g/mol. The number of hydrogen-bond donors (Lipinski definition) is 1. The fourth-order valence-electron chi connectivity index (χ4n) is 2.44. The lowest BCUT2D eigenvalue weighted by Crippen LogP contribution is -2.35. The van der Waals surface area contributed by atoms with Gasteiger partial charge in [-0.15, -0.1) is 0 Å². The van der Waals surface area contributed by atoms with Gasteiger partial charge in [0, 0.05) is 37.9 Å². The van der Waals surface area contributed by atoms with E-state index in [2.05, 4.69) is 32.3 Å². The van der Waals surface area contributed by atoms with Crippen molar-refractivity contribution in [3.05, 3.63) is 52.9 Å². The van der Waals surface area contributed by atoms with Gasteiger partial charge in [0.1, 0.15) is 5.82 Å². The molecule has 1 aromatic heterocycles. The van der Waals surface area contributed by atoms with Crippen molar-refractivity contribution in [3.63, 3.8) is 0 Å². The van der Waals surface area contributed by atoms with Crippen LogP contribution in [-0.2, 0) is 17.8 Å². The number of ether oxygens (including phenoxy) is 1. The SMILES string of the molecule is Clc1ncc(CN2CCOCC2)c(NCc2ccccc2)n1. The lowest BCUT2D eigenvalue weighted by molar-refractivity contribution is 0.0342. The van der Waals surface area contributed by atoms with E-state index in [0.717, 1.165) is 44.2 Å². The van der Waals surface area contributed by atoms with Crippen molar-refractivity contribution in [1.82, 2.24) is 14.9 Å². The number of anilines is 1. The first-order chi connectivity index (χ1) is 10.8. The first-order valence-corrected chi connectivity index (χ1v) is 7.78. The summed E-state index contributed by atoms with van der Waals surface area (Å²) < 4.78 is 5.38. The Kier molecular flexibility index (Phi) is 5.21. The van der Waals surface area contributed by atoms with Crippen molar-refractivity contribution in [3.8, 4) is 0 Å². The van der Waals surface area contributed by atoms with Crippen LogP contribution in [-0.4, -0.2) is 41.2 Å². The van der Waals surface area contributed by atoms with E-state index >= 15 is 0 Å². The highest BCUT2D eigenvalue weighted by molar-refractivity contribution is 6.28. The molecule has 1 fully saturated rings. The summed E-state index contributed by atoms with van der Waals surface area (Å²) in [5.74, 6) is 0.801. The molecule has 1 saturated heterocycles. The summed E-state index contributed by atoms with van der Waals surface area (Å²) in [7, 11) is 0. The molecule has 5 nitrogen and oxygen atoms in total. The Morgan fingerprint density at radius 1 is 1.18 bits per heavy atom. The van der Waals surface area contributed by atoms with Crippen LogP contribution in [0.25, 0.3) is 0 Å². The Hall–Kier alpha value is -1.69. The third-order valence-corrected chi connectivity index (χ3v) is 3.82. The van der Waals surface area contributed by atoms with Crippen molar-refractivity contribution in [1.29, 1.82) is 0 Å². The van der Waals surface area contributed by atoms with Gasteiger partial charge >= 0.3 is 0 Å². The molecular weight excluding hydrogens is 300 g/mol. The van der Waals surface area contributed by atoms with Gasteiger partial charge in [0.2, 0.25) is 5.28 Å². The third kappa shape index (κ3) is 4.16. The molecule has 0 amide bonds. The van der Waals surface area contributed by atoms with E-state index in [0.29, 0.717) is 6.54 Å². The fraction of sp³-hybridized carbons (Fsp3) is 0.375. The summed E-state index contributed by atoms with van der Waals surface area (Å²) in [4.78, 5) is 10.8. The third-order valence-electron chi connectivity index (χ3n) is 3.64. The van der Waals surface area contributed by atoms with Crippen molar-refractivity contribution in [2.75, 3.05) is 31.6 Å². The van der Waals surface area contributed by atoms with Crippen LogP contribution in [0.15, 0.2) is 36.5 Å². The first-order valence-electron chi connectivity index (χ1n) is 7.40. The van der Waals surface area contributed by atoms with Crippen molar-refractivity contribution >= 4 is 17.4 Å². The second-order valence-electron chi connectivity index (χ2n) is 5.24. The van der Waals surface area contributed by atoms with Crippen LogP contribution in [0, 0.1) is 0 Å². The number of halogens is 1. The maximum absolute atomic E-state index is 5.95. The minimum atomic E-state index is 0.265.